The van der Waals surface area contributed by atoms with Gasteiger partial charge in [-0.25, -0.2) is 13.1 Å². The number of alkyl halides is 3. The van der Waals surface area contributed by atoms with Gasteiger partial charge in [-0.2, -0.15) is 13.2 Å². The Morgan fingerprint density at radius 2 is 1.97 bits per heavy atom. The Balaban J connectivity index is 1.92. The third-order valence-corrected chi connectivity index (χ3v) is 5.97. The zero-order valence-corrected chi connectivity index (χ0v) is 17.7. The summed E-state index contributed by atoms with van der Waals surface area (Å²) in [4.78, 5) is 13.3. The van der Waals surface area contributed by atoms with Gasteiger partial charge in [0.1, 0.15) is 5.76 Å². The molecule has 7 nitrogen and oxygen atoms in total. The highest BCUT2D eigenvalue weighted by Crippen LogP contribution is 2.35. The summed E-state index contributed by atoms with van der Waals surface area (Å²) in [5, 5.41) is 2.07. The van der Waals surface area contributed by atoms with E-state index >= 15 is 0 Å². The Bertz CT molecular complexity index is 964. The van der Waals surface area contributed by atoms with Crippen LogP contribution in [0.5, 0.6) is 0 Å². The lowest BCUT2D eigenvalue weighted by atomic mass is 10.2. The van der Waals surface area contributed by atoms with Gasteiger partial charge in [0.15, 0.2) is 0 Å². The number of likely N-dealkylation sites (N-methyl/N-ethyl adjacent to an activating group) is 1. The van der Waals surface area contributed by atoms with Gasteiger partial charge in [-0.3, -0.25) is 9.69 Å². The van der Waals surface area contributed by atoms with Crippen LogP contribution in [-0.2, 0) is 21.0 Å². The van der Waals surface area contributed by atoms with E-state index in [0.29, 0.717) is 11.8 Å². The molecule has 0 aliphatic rings. The smallest absolute Gasteiger partial charge is 0.417 e. The summed E-state index contributed by atoms with van der Waals surface area (Å²) < 4.78 is 70.7. The zero-order chi connectivity index (χ0) is 22.5. The van der Waals surface area contributed by atoms with Gasteiger partial charge in [-0.05, 0) is 44.4 Å². The fourth-order valence-corrected chi connectivity index (χ4v) is 3.87. The van der Waals surface area contributed by atoms with E-state index < -0.39 is 37.6 Å². The Hall–Kier alpha value is -2.08. The monoisotopic (exact) mass is 467 g/mol. The maximum Gasteiger partial charge on any atom is 0.417 e. The van der Waals surface area contributed by atoms with Crippen molar-refractivity contribution in [1.29, 1.82) is 0 Å². The van der Waals surface area contributed by atoms with Crippen LogP contribution in [0.4, 0.5) is 13.2 Å². The number of nitrogens with zero attached hydrogens (tertiary/aromatic N) is 1. The van der Waals surface area contributed by atoms with Crippen molar-refractivity contribution in [3.05, 3.63) is 52.9 Å². The molecule has 166 valence electrons. The predicted molar refractivity (Wildman–Crippen MR) is 104 cm³/mol. The summed E-state index contributed by atoms with van der Waals surface area (Å²) in [6.45, 7) is -0.0518. The van der Waals surface area contributed by atoms with Gasteiger partial charge in [-0.1, -0.05) is 11.6 Å². The third kappa shape index (κ3) is 6.46. The first-order valence-corrected chi connectivity index (χ1v) is 10.6. The van der Waals surface area contributed by atoms with E-state index in [4.69, 9.17) is 16.0 Å². The molecule has 0 aliphatic heterocycles. The first kappa shape index (κ1) is 24.2. The van der Waals surface area contributed by atoms with E-state index in [9.17, 15) is 26.4 Å². The second-order valence-corrected chi connectivity index (χ2v) is 8.76. The minimum atomic E-state index is -4.79. The van der Waals surface area contributed by atoms with Gasteiger partial charge >= 0.3 is 6.18 Å². The fraction of sp³-hybridized carbons (Fsp3) is 0.389. The van der Waals surface area contributed by atoms with Crippen molar-refractivity contribution in [2.75, 3.05) is 27.2 Å². The molecule has 1 unspecified atom stereocenters. The van der Waals surface area contributed by atoms with Gasteiger partial charge in [0, 0.05) is 19.5 Å². The number of benzene rings is 1. The Morgan fingerprint density at radius 3 is 2.53 bits per heavy atom. The lowest BCUT2D eigenvalue weighted by molar-refractivity contribution is -0.137. The molecule has 0 bridgehead atoms. The molecule has 0 spiro atoms. The summed E-state index contributed by atoms with van der Waals surface area (Å²) in [7, 11) is -0.619. The van der Waals surface area contributed by atoms with E-state index in [1.165, 1.54) is 6.26 Å². The van der Waals surface area contributed by atoms with E-state index in [2.05, 4.69) is 10.0 Å². The van der Waals surface area contributed by atoms with E-state index in [1.807, 2.05) is 19.0 Å². The number of carbonyl (C=O) groups excluding carboxylic acids is 1. The standard InChI is InChI=1S/C18H21ClF3N3O4S/c1-25(2)15(16-4-3-9-29-16)11-23-17(26)7-8-24-30(27,28)12-5-6-14(19)13(10-12)18(20,21)22/h3-6,9-10,15,24H,7-8,11H2,1-2H3,(H,23,26). The maximum absolute atomic E-state index is 12.9. The average Bonchev–Trinajstić information content (AvgIpc) is 3.15. The van der Waals surface area contributed by atoms with Crippen molar-refractivity contribution in [3.8, 4) is 0 Å². The van der Waals surface area contributed by atoms with E-state index in [-0.39, 0.29) is 25.6 Å². The zero-order valence-electron chi connectivity index (χ0n) is 16.2. The normalized spacial score (nSPS) is 13.4. The molecule has 1 atom stereocenters. The summed E-state index contributed by atoms with van der Waals surface area (Å²) in [6, 6.07) is 5.56. The molecule has 0 radical (unpaired) electrons. The molecule has 2 N–H and O–H groups in total. The number of amides is 1. The molecule has 0 saturated heterocycles. The largest absolute Gasteiger partial charge is 0.468 e. The van der Waals surface area contributed by atoms with Crippen LogP contribution < -0.4 is 10.0 Å². The number of carbonyl (C=O) groups is 1. The second-order valence-electron chi connectivity index (χ2n) is 6.59. The number of hydrogen-bond donors (Lipinski definition) is 2. The van der Waals surface area contributed by atoms with Crippen LogP contribution in [0.3, 0.4) is 0 Å². The van der Waals surface area contributed by atoms with E-state index in [1.54, 1.807) is 12.1 Å². The van der Waals surface area contributed by atoms with Crippen molar-refractivity contribution in [2.45, 2.75) is 23.5 Å². The molecule has 1 aromatic carbocycles. The highest BCUT2D eigenvalue weighted by Gasteiger charge is 2.34. The number of hydrogen-bond acceptors (Lipinski definition) is 5. The number of rotatable bonds is 9. The lowest BCUT2D eigenvalue weighted by Crippen LogP contribution is -2.36. The third-order valence-electron chi connectivity index (χ3n) is 4.19. The fourth-order valence-electron chi connectivity index (χ4n) is 2.59. The molecule has 1 heterocycles. The van der Waals surface area contributed by atoms with Crippen LogP contribution in [-0.4, -0.2) is 46.4 Å². The number of nitrogens with one attached hydrogen (secondary N) is 2. The molecule has 30 heavy (non-hydrogen) atoms. The second kappa shape index (κ2) is 9.82. The maximum atomic E-state index is 12.9. The summed E-state index contributed by atoms with van der Waals surface area (Å²) in [5.41, 5.74) is -1.25. The quantitative estimate of drug-likeness (QED) is 0.591. The van der Waals surface area contributed by atoms with Crippen molar-refractivity contribution in [1.82, 2.24) is 14.9 Å². The van der Waals surface area contributed by atoms with Gasteiger partial charge in [0.05, 0.1) is 27.8 Å². The highest BCUT2D eigenvalue weighted by molar-refractivity contribution is 7.89. The lowest BCUT2D eigenvalue weighted by Gasteiger charge is -2.22. The minimum Gasteiger partial charge on any atom is -0.468 e. The average molecular weight is 468 g/mol. The molecular weight excluding hydrogens is 447 g/mol. The van der Waals surface area contributed by atoms with E-state index in [0.717, 1.165) is 12.1 Å². The molecule has 0 aliphatic carbocycles. The summed E-state index contributed by atoms with van der Waals surface area (Å²) in [5.74, 6) is 0.229. The Morgan fingerprint density at radius 1 is 1.27 bits per heavy atom. The Labute approximate surface area is 177 Å². The molecule has 2 rings (SSSR count). The molecule has 2 aromatic rings. The van der Waals surface area contributed by atoms with Crippen molar-refractivity contribution < 1.29 is 30.8 Å². The predicted octanol–water partition coefficient (Wildman–Crippen LogP) is 3.04. The van der Waals surface area contributed by atoms with Gasteiger partial charge in [0.25, 0.3) is 0 Å². The molecule has 0 saturated carbocycles. The number of halogens is 4. The number of furan rings is 1. The molecule has 0 fully saturated rings. The van der Waals surface area contributed by atoms with Crippen LogP contribution >= 0.6 is 11.6 Å². The van der Waals surface area contributed by atoms with Crippen LogP contribution in [0.1, 0.15) is 23.8 Å². The van der Waals surface area contributed by atoms with Crippen molar-refractivity contribution in [3.63, 3.8) is 0 Å². The Kier molecular flexibility index (Phi) is 7.92. The molecule has 12 heteroatoms. The topological polar surface area (TPSA) is 91.7 Å². The molecular formula is C18H21ClF3N3O4S. The first-order chi connectivity index (χ1) is 13.9. The van der Waals surface area contributed by atoms with Gasteiger partial charge < -0.3 is 9.73 Å². The van der Waals surface area contributed by atoms with Crippen LogP contribution in [0, 0.1) is 0 Å². The summed E-state index contributed by atoms with van der Waals surface area (Å²) >= 11 is 5.50. The van der Waals surface area contributed by atoms with Crippen molar-refractivity contribution in [2.24, 2.45) is 0 Å². The molecule has 1 aromatic heterocycles. The highest BCUT2D eigenvalue weighted by atomic mass is 35.5. The van der Waals surface area contributed by atoms with Crippen LogP contribution in [0.15, 0.2) is 45.9 Å². The minimum absolute atomic E-state index is 0.197. The summed E-state index contributed by atoms with van der Waals surface area (Å²) in [6.07, 6.45) is -3.47. The van der Waals surface area contributed by atoms with Crippen LogP contribution in [0.2, 0.25) is 5.02 Å². The number of sulfonamides is 1. The van der Waals surface area contributed by atoms with Gasteiger partial charge in [-0.15, -0.1) is 0 Å². The molecule has 1 amide bonds. The van der Waals surface area contributed by atoms with Gasteiger partial charge in [0.2, 0.25) is 15.9 Å². The first-order valence-electron chi connectivity index (χ1n) is 8.75. The van der Waals surface area contributed by atoms with Crippen LogP contribution in [0.25, 0.3) is 0 Å². The van der Waals surface area contributed by atoms with Crippen molar-refractivity contribution >= 4 is 27.5 Å². The SMILES string of the molecule is CN(C)C(CNC(=O)CCNS(=O)(=O)c1ccc(Cl)c(C(F)(F)F)c1)c1ccco1.